The number of hydrogen-bond acceptors (Lipinski definition) is 1. The van der Waals surface area contributed by atoms with Crippen LogP contribution in [0.15, 0.2) is 200 Å². The van der Waals surface area contributed by atoms with Gasteiger partial charge in [0.1, 0.15) is 11.5 Å². The molecule has 10 aromatic rings. The van der Waals surface area contributed by atoms with E-state index in [0.29, 0.717) is 0 Å². The van der Waals surface area contributed by atoms with E-state index in [4.69, 9.17) is 4.74 Å². The molecule has 0 unspecified atom stereocenters. The fourth-order valence-electron chi connectivity index (χ4n) is 9.73. The molecule has 0 amide bonds. The highest BCUT2D eigenvalue weighted by molar-refractivity contribution is 6.19. The first kappa shape index (κ1) is 30.3. The summed E-state index contributed by atoms with van der Waals surface area (Å²) in [6.07, 6.45) is 0. The van der Waals surface area contributed by atoms with Gasteiger partial charge in [-0.25, -0.2) is 0 Å². The summed E-state index contributed by atoms with van der Waals surface area (Å²) in [5.74, 6) is 1.78. The number of ether oxygens (including phenoxy) is 1. The first-order chi connectivity index (χ1) is 27.3. The van der Waals surface area contributed by atoms with Crippen molar-refractivity contribution in [3.63, 3.8) is 0 Å². The predicted octanol–water partition coefficient (Wildman–Crippen LogP) is 13.7. The Labute approximate surface area is 319 Å². The SMILES string of the molecule is c1ccc(-c2cc(-c3ccccc3)cc(-n3c4cc5c(cc4c4ccc6ccccc6c43)C3(c4ccccc4O5)c4ccccc4-c4ccccc43)c2)cc1. The van der Waals surface area contributed by atoms with Gasteiger partial charge in [-0.15, -0.1) is 0 Å². The third-order valence-electron chi connectivity index (χ3n) is 12.0. The molecule has 0 radical (unpaired) electrons. The Morgan fingerprint density at radius 1 is 0.364 bits per heavy atom. The molecule has 0 bridgehead atoms. The fourth-order valence-corrected chi connectivity index (χ4v) is 9.73. The first-order valence-electron chi connectivity index (χ1n) is 19.0. The van der Waals surface area contributed by atoms with Gasteiger partial charge in [0.2, 0.25) is 0 Å². The van der Waals surface area contributed by atoms with Gasteiger partial charge in [0.05, 0.1) is 16.4 Å². The van der Waals surface area contributed by atoms with Gasteiger partial charge in [0.15, 0.2) is 0 Å². The molecule has 256 valence electrons. The van der Waals surface area contributed by atoms with E-state index >= 15 is 0 Å². The van der Waals surface area contributed by atoms with Gasteiger partial charge < -0.3 is 9.30 Å². The van der Waals surface area contributed by atoms with Crippen LogP contribution in [0.25, 0.3) is 71.6 Å². The quantitative estimate of drug-likeness (QED) is 0.179. The lowest BCUT2D eigenvalue weighted by atomic mass is 9.66. The normalized spacial score (nSPS) is 13.4. The zero-order chi connectivity index (χ0) is 36.1. The number of benzene rings is 9. The van der Waals surface area contributed by atoms with Crippen molar-refractivity contribution in [1.29, 1.82) is 0 Å². The number of rotatable bonds is 3. The minimum Gasteiger partial charge on any atom is -0.457 e. The standard InChI is InChI=1S/C53H33NO/c1-3-15-34(16-4-1)37-29-38(35-17-5-2-6-18-35)31-39(30-37)54-49-33-51-48(32-44(49)43-28-27-36-19-7-8-20-40(36)52(43)54)53(47-25-13-14-26-50(47)55-51)45-23-11-9-21-41(45)42-22-10-12-24-46(42)53/h1-33H. The molecule has 0 saturated heterocycles. The number of nitrogens with zero attached hydrogens (tertiary/aromatic N) is 1. The minimum absolute atomic E-state index is 0.537. The molecule has 1 aliphatic carbocycles. The smallest absolute Gasteiger partial charge is 0.134 e. The molecular weight excluding hydrogens is 667 g/mol. The van der Waals surface area contributed by atoms with E-state index in [1.807, 2.05) is 0 Å². The van der Waals surface area contributed by atoms with Crippen LogP contribution in [0.1, 0.15) is 22.3 Å². The van der Waals surface area contributed by atoms with Crippen molar-refractivity contribution in [1.82, 2.24) is 4.57 Å². The molecule has 9 aromatic carbocycles. The van der Waals surface area contributed by atoms with Gasteiger partial charge >= 0.3 is 0 Å². The van der Waals surface area contributed by atoms with E-state index in [9.17, 15) is 0 Å². The Morgan fingerprint density at radius 2 is 0.945 bits per heavy atom. The van der Waals surface area contributed by atoms with Crippen molar-refractivity contribution in [2.45, 2.75) is 5.41 Å². The summed E-state index contributed by atoms with van der Waals surface area (Å²) in [7, 11) is 0. The van der Waals surface area contributed by atoms with Crippen LogP contribution in [-0.2, 0) is 5.41 Å². The maximum absolute atomic E-state index is 7.05. The summed E-state index contributed by atoms with van der Waals surface area (Å²) in [6.45, 7) is 0. The minimum atomic E-state index is -0.537. The largest absolute Gasteiger partial charge is 0.457 e. The lowest BCUT2D eigenvalue weighted by Crippen LogP contribution is -2.32. The third-order valence-corrected chi connectivity index (χ3v) is 12.0. The summed E-state index contributed by atoms with van der Waals surface area (Å²) in [5, 5.41) is 4.85. The molecule has 2 heteroatoms. The van der Waals surface area contributed by atoms with Crippen molar-refractivity contribution < 1.29 is 4.74 Å². The summed E-state index contributed by atoms with van der Waals surface area (Å²) in [4.78, 5) is 0. The van der Waals surface area contributed by atoms with Crippen LogP contribution in [0.4, 0.5) is 0 Å². The van der Waals surface area contributed by atoms with Crippen molar-refractivity contribution in [3.8, 4) is 50.6 Å². The van der Waals surface area contributed by atoms with Gasteiger partial charge in [0.25, 0.3) is 0 Å². The lowest BCUT2D eigenvalue weighted by Gasteiger charge is -2.39. The van der Waals surface area contributed by atoms with Crippen LogP contribution in [0.5, 0.6) is 11.5 Å². The molecular formula is C53H33NO. The molecule has 1 spiro atoms. The predicted molar refractivity (Wildman–Crippen MR) is 227 cm³/mol. The highest BCUT2D eigenvalue weighted by atomic mass is 16.5. The molecule has 12 rings (SSSR count). The summed E-state index contributed by atoms with van der Waals surface area (Å²) < 4.78 is 9.53. The summed E-state index contributed by atoms with van der Waals surface area (Å²) in [5.41, 5.74) is 15.1. The van der Waals surface area contributed by atoms with Crippen LogP contribution in [0.3, 0.4) is 0 Å². The molecule has 1 aromatic heterocycles. The van der Waals surface area contributed by atoms with Crippen LogP contribution < -0.4 is 4.74 Å². The molecule has 0 fully saturated rings. The monoisotopic (exact) mass is 699 g/mol. The second kappa shape index (κ2) is 11.4. The Balaban J connectivity index is 1.23. The molecule has 0 saturated carbocycles. The number of hydrogen-bond donors (Lipinski definition) is 0. The van der Waals surface area contributed by atoms with Crippen molar-refractivity contribution in [2.75, 3.05) is 0 Å². The van der Waals surface area contributed by atoms with Gasteiger partial charge in [0, 0.05) is 39.0 Å². The second-order valence-electron chi connectivity index (χ2n) is 14.8. The van der Waals surface area contributed by atoms with Crippen molar-refractivity contribution in [2.24, 2.45) is 0 Å². The van der Waals surface area contributed by atoms with E-state index in [2.05, 4.69) is 205 Å². The van der Waals surface area contributed by atoms with Crippen LogP contribution in [0.2, 0.25) is 0 Å². The number of aromatic nitrogens is 1. The lowest BCUT2D eigenvalue weighted by molar-refractivity contribution is 0.437. The molecule has 2 aliphatic rings. The zero-order valence-electron chi connectivity index (χ0n) is 29.9. The Morgan fingerprint density at radius 3 is 1.64 bits per heavy atom. The highest BCUT2D eigenvalue weighted by Crippen LogP contribution is 2.62. The third kappa shape index (κ3) is 4.19. The molecule has 1 aliphatic heterocycles. The van der Waals surface area contributed by atoms with Crippen LogP contribution in [-0.4, -0.2) is 4.57 Å². The zero-order valence-corrected chi connectivity index (χ0v) is 29.9. The Bertz CT molecular complexity index is 3070. The summed E-state index contributed by atoms with van der Waals surface area (Å²) in [6, 6.07) is 73.2. The average molecular weight is 700 g/mol. The number of fused-ring (bicyclic) bond motifs is 14. The van der Waals surface area contributed by atoms with Crippen LogP contribution >= 0.6 is 0 Å². The Kier molecular flexibility index (Phi) is 6.29. The van der Waals surface area contributed by atoms with E-state index < -0.39 is 5.41 Å². The highest BCUT2D eigenvalue weighted by Gasteiger charge is 2.51. The van der Waals surface area contributed by atoms with E-state index in [1.165, 1.54) is 82.7 Å². The second-order valence-corrected chi connectivity index (χ2v) is 14.8. The molecule has 0 N–H and O–H groups in total. The van der Waals surface area contributed by atoms with Gasteiger partial charge in [-0.2, -0.15) is 0 Å². The molecule has 2 heterocycles. The van der Waals surface area contributed by atoms with Gasteiger partial charge in [-0.1, -0.05) is 164 Å². The maximum Gasteiger partial charge on any atom is 0.134 e. The maximum atomic E-state index is 7.05. The number of para-hydroxylation sites is 1. The topological polar surface area (TPSA) is 14.2 Å². The van der Waals surface area contributed by atoms with Crippen LogP contribution in [0, 0.1) is 0 Å². The molecule has 0 atom stereocenters. The fraction of sp³-hybridized carbons (Fsp3) is 0.0189. The van der Waals surface area contributed by atoms with E-state index in [0.717, 1.165) is 22.7 Å². The van der Waals surface area contributed by atoms with E-state index in [-0.39, 0.29) is 0 Å². The first-order valence-corrected chi connectivity index (χ1v) is 19.0. The molecule has 2 nitrogen and oxygen atoms in total. The Hall–Kier alpha value is -7.16. The van der Waals surface area contributed by atoms with Crippen molar-refractivity contribution >= 4 is 32.6 Å². The van der Waals surface area contributed by atoms with E-state index in [1.54, 1.807) is 0 Å². The average Bonchev–Trinajstić information content (AvgIpc) is 3.74. The van der Waals surface area contributed by atoms with Crippen molar-refractivity contribution in [3.05, 3.63) is 222 Å². The van der Waals surface area contributed by atoms with Gasteiger partial charge in [-0.3, -0.25) is 0 Å². The summed E-state index contributed by atoms with van der Waals surface area (Å²) >= 11 is 0. The molecule has 55 heavy (non-hydrogen) atoms. The van der Waals surface area contributed by atoms with Gasteiger partial charge in [-0.05, 0) is 80.2 Å².